The monoisotopic (exact) mass is 289 g/mol. The fraction of sp³-hybridized carbons (Fsp3) is 0.667. The lowest BCUT2D eigenvalue weighted by Crippen LogP contribution is -2.57. The van der Waals surface area contributed by atoms with E-state index in [4.69, 9.17) is 5.73 Å². The van der Waals surface area contributed by atoms with Gasteiger partial charge in [-0.2, -0.15) is 0 Å². The normalized spacial score (nSPS) is 27.9. The summed E-state index contributed by atoms with van der Waals surface area (Å²) in [7, 11) is 0. The molecule has 4 heterocycles. The highest BCUT2D eigenvalue weighted by atomic mass is 16.2. The average molecular weight is 289 g/mol. The van der Waals surface area contributed by atoms with Gasteiger partial charge in [-0.3, -0.25) is 4.79 Å². The number of anilines is 1. The Hall–Kier alpha value is -1.69. The van der Waals surface area contributed by atoms with Crippen molar-refractivity contribution in [3.05, 3.63) is 17.7 Å². The molecule has 0 aromatic carbocycles. The predicted molar refractivity (Wildman–Crippen MR) is 81.0 cm³/mol. The maximum absolute atomic E-state index is 12.5. The van der Waals surface area contributed by atoms with Crippen molar-refractivity contribution in [1.29, 1.82) is 0 Å². The summed E-state index contributed by atoms with van der Waals surface area (Å²) in [6, 6.07) is 0.219. The van der Waals surface area contributed by atoms with Crippen LogP contribution in [0.15, 0.2) is 6.20 Å². The molecule has 0 saturated carbocycles. The number of fused-ring (bicyclic) bond motifs is 3. The Balaban J connectivity index is 1.75. The quantitative estimate of drug-likeness (QED) is 0.867. The number of nitrogens with two attached hydrogens (primary N) is 1. The molecule has 3 aliphatic heterocycles. The van der Waals surface area contributed by atoms with Gasteiger partial charge in [0.05, 0.1) is 11.9 Å². The number of hydrogen-bond donors (Lipinski definition) is 2. The molecule has 1 unspecified atom stereocenters. The van der Waals surface area contributed by atoms with Gasteiger partial charge < -0.3 is 16.0 Å². The minimum Gasteiger partial charge on any atom is -0.396 e. The molecule has 0 radical (unpaired) electrons. The van der Waals surface area contributed by atoms with E-state index in [1.54, 1.807) is 0 Å². The van der Waals surface area contributed by atoms with E-state index in [-0.39, 0.29) is 17.9 Å². The van der Waals surface area contributed by atoms with Gasteiger partial charge in [-0.25, -0.2) is 9.97 Å². The number of nitrogen functional groups attached to an aromatic ring is 1. The van der Waals surface area contributed by atoms with E-state index in [2.05, 4.69) is 20.2 Å². The highest BCUT2D eigenvalue weighted by Crippen LogP contribution is 2.27. The molecule has 4 rings (SSSR count). The Morgan fingerprint density at radius 2 is 2.14 bits per heavy atom. The molecule has 1 atom stereocenters. The molecule has 3 fully saturated rings. The Kier molecular flexibility index (Phi) is 3.80. The number of amides is 1. The fourth-order valence-corrected chi connectivity index (χ4v) is 3.23. The number of piperidine rings is 3. The number of nitrogens with one attached hydrogen (secondary N) is 1. The molecule has 1 aromatic heterocycles. The second-order valence-electron chi connectivity index (χ2n) is 6.40. The van der Waals surface area contributed by atoms with Gasteiger partial charge in [0.15, 0.2) is 5.69 Å². The lowest BCUT2D eigenvalue weighted by Gasteiger charge is -2.44. The molecular weight excluding hydrogens is 266 g/mol. The molecule has 2 bridgehead atoms. The van der Waals surface area contributed by atoms with E-state index >= 15 is 0 Å². The first-order valence-corrected chi connectivity index (χ1v) is 7.70. The van der Waals surface area contributed by atoms with Crippen molar-refractivity contribution in [2.45, 2.75) is 38.6 Å². The predicted octanol–water partition coefficient (Wildman–Crippen LogP) is 1.01. The van der Waals surface area contributed by atoms with Gasteiger partial charge in [0, 0.05) is 18.5 Å². The first-order valence-electron chi connectivity index (χ1n) is 7.70. The smallest absolute Gasteiger partial charge is 0.272 e. The van der Waals surface area contributed by atoms with Crippen molar-refractivity contribution >= 4 is 11.6 Å². The maximum atomic E-state index is 12.5. The first kappa shape index (κ1) is 14.3. The van der Waals surface area contributed by atoms with Crippen LogP contribution in [0.4, 0.5) is 5.69 Å². The third-order valence-electron chi connectivity index (χ3n) is 4.54. The summed E-state index contributed by atoms with van der Waals surface area (Å²) in [5.41, 5.74) is 6.53. The molecule has 0 aliphatic carbocycles. The molecule has 1 aromatic rings. The van der Waals surface area contributed by atoms with Crippen LogP contribution in [0.25, 0.3) is 0 Å². The average Bonchev–Trinajstić information content (AvgIpc) is 2.48. The zero-order valence-electron chi connectivity index (χ0n) is 12.7. The summed E-state index contributed by atoms with van der Waals surface area (Å²) in [5, 5.41) is 3.12. The van der Waals surface area contributed by atoms with E-state index < -0.39 is 0 Å². The number of hydrogen-bond acceptors (Lipinski definition) is 5. The van der Waals surface area contributed by atoms with Gasteiger partial charge in [-0.1, -0.05) is 13.8 Å². The minimum absolute atomic E-state index is 0.171. The molecule has 6 nitrogen and oxygen atoms in total. The van der Waals surface area contributed by atoms with Crippen molar-refractivity contribution in [3.63, 3.8) is 0 Å². The van der Waals surface area contributed by atoms with Gasteiger partial charge in [-0.05, 0) is 31.8 Å². The van der Waals surface area contributed by atoms with Gasteiger partial charge >= 0.3 is 0 Å². The molecule has 3 N–H and O–H groups in total. The summed E-state index contributed by atoms with van der Waals surface area (Å²) < 4.78 is 0. The molecule has 0 spiro atoms. The van der Waals surface area contributed by atoms with Crippen LogP contribution in [0.2, 0.25) is 0 Å². The number of carbonyl (C=O) groups is 1. The van der Waals surface area contributed by atoms with Crippen LogP contribution in [0.3, 0.4) is 0 Å². The second kappa shape index (κ2) is 5.60. The number of carbonyl (C=O) groups excluding carboxylic acids is 1. The van der Waals surface area contributed by atoms with Gasteiger partial charge in [0.25, 0.3) is 5.91 Å². The van der Waals surface area contributed by atoms with Crippen molar-refractivity contribution in [1.82, 2.24) is 20.2 Å². The number of aromatic nitrogens is 2. The highest BCUT2D eigenvalue weighted by molar-refractivity contribution is 5.97. The maximum Gasteiger partial charge on any atom is 0.272 e. The van der Waals surface area contributed by atoms with E-state index in [0.717, 1.165) is 19.6 Å². The molecule has 3 saturated heterocycles. The molecule has 6 heteroatoms. The van der Waals surface area contributed by atoms with Crippen molar-refractivity contribution < 1.29 is 4.79 Å². The first-order chi connectivity index (χ1) is 10.0. The van der Waals surface area contributed by atoms with E-state index in [1.165, 1.54) is 19.0 Å². The Bertz CT molecular complexity index is 537. The molecule has 21 heavy (non-hydrogen) atoms. The van der Waals surface area contributed by atoms with Crippen LogP contribution in [0.5, 0.6) is 0 Å². The Morgan fingerprint density at radius 1 is 1.43 bits per heavy atom. The molecule has 1 amide bonds. The van der Waals surface area contributed by atoms with E-state index in [1.807, 2.05) is 13.8 Å². The van der Waals surface area contributed by atoms with Crippen LogP contribution in [-0.2, 0) is 0 Å². The SMILES string of the molecule is CC(C)c1ncc(N)c(C(=O)NC2CN3CCC2CC3)n1. The summed E-state index contributed by atoms with van der Waals surface area (Å²) in [6.45, 7) is 7.26. The summed E-state index contributed by atoms with van der Waals surface area (Å²) in [6.07, 6.45) is 3.87. The van der Waals surface area contributed by atoms with Gasteiger partial charge in [0.2, 0.25) is 0 Å². The summed E-state index contributed by atoms with van der Waals surface area (Å²) in [5.74, 6) is 1.25. The highest BCUT2D eigenvalue weighted by Gasteiger charge is 2.35. The number of rotatable bonds is 3. The van der Waals surface area contributed by atoms with E-state index in [0.29, 0.717) is 23.1 Å². The molecule has 3 aliphatic rings. The van der Waals surface area contributed by atoms with Gasteiger partial charge in [-0.15, -0.1) is 0 Å². The lowest BCUT2D eigenvalue weighted by atomic mass is 9.84. The van der Waals surface area contributed by atoms with Crippen molar-refractivity contribution in [3.8, 4) is 0 Å². The summed E-state index contributed by atoms with van der Waals surface area (Å²) >= 11 is 0. The Morgan fingerprint density at radius 3 is 2.71 bits per heavy atom. The topological polar surface area (TPSA) is 84.1 Å². The third kappa shape index (κ3) is 2.85. The van der Waals surface area contributed by atoms with Crippen LogP contribution in [0, 0.1) is 5.92 Å². The van der Waals surface area contributed by atoms with Crippen molar-refractivity contribution in [2.24, 2.45) is 5.92 Å². The van der Waals surface area contributed by atoms with Crippen LogP contribution in [0.1, 0.15) is 48.9 Å². The largest absolute Gasteiger partial charge is 0.396 e. The lowest BCUT2D eigenvalue weighted by molar-refractivity contribution is 0.0618. The summed E-state index contributed by atoms with van der Waals surface area (Å²) in [4.78, 5) is 23.4. The van der Waals surface area contributed by atoms with Crippen LogP contribution < -0.4 is 11.1 Å². The van der Waals surface area contributed by atoms with Crippen molar-refractivity contribution in [2.75, 3.05) is 25.4 Å². The molecule has 114 valence electrons. The zero-order chi connectivity index (χ0) is 15.0. The third-order valence-corrected chi connectivity index (χ3v) is 4.54. The number of nitrogens with zero attached hydrogens (tertiary/aromatic N) is 3. The second-order valence-corrected chi connectivity index (χ2v) is 6.40. The zero-order valence-corrected chi connectivity index (χ0v) is 12.7. The van der Waals surface area contributed by atoms with Crippen LogP contribution >= 0.6 is 0 Å². The van der Waals surface area contributed by atoms with E-state index in [9.17, 15) is 4.79 Å². The fourth-order valence-electron chi connectivity index (χ4n) is 3.23. The van der Waals surface area contributed by atoms with Crippen LogP contribution in [-0.4, -0.2) is 46.5 Å². The van der Waals surface area contributed by atoms with Gasteiger partial charge in [0.1, 0.15) is 5.82 Å². The molecular formula is C15H23N5O. The standard InChI is InChI=1S/C15H23N5O/c1-9(2)14-17-7-11(16)13(19-14)15(21)18-12-8-20-5-3-10(12)4-6-20/h7,9-10,12H,3-6,8,16H2,1-2H3,(H,18,21). The Labute approximate surface area is 125 Å². The minimum atomic E-state index is -0.171.